The lowest BCUT2D eigenvalue weighted by Crippen LogP contribution is -2.43. The molecule has 0 saturated carbocycles. The first kappa shape index (κ1) is 19.3. The third kappa shape index (κ3) is 3.77. The summed E-state index contributed by atoms with van der Waals surface area (Å²) in [5.41, 5.74) is 0.984. The molecule has 6 nitrogen and oxygen atoms in total. The molecule has 3 heterocycles. The molecule has 2 aromatic heterocycles. The van der Waals surface area contributed by atoms with Crippen molar-refractivity contribution in [2.45, 2.75) is 17.7 Å². The standard InChI is InChI=1S/C20H24N4O2S2/c1-2-24(15-16-6-4-3-5-7-16)28(25,26)19-14-17-18(27-19)8-9-22-20(17)23-12-10-21-11-13-23/h3-9,14,21H,2,10-13,15H2,1H3. The Morgan fingerprint density at radius 1 is 1.18 bits per heavy atom. The van der Waals surface area contributed by atoms with Crippen LogP contribution >= 0.6 is 11.3 Å². The fourth-order valence-corrected chi connectivity index (χ4v) is 6.43. The summed E-state index contributed by atoms with van der Waals surface area (Å²) < 4.78 is 29.5. The number of sulfonamides is 1. The number of thiophene rings is 1. The summed E-state index contributed by atoms with van der Waals surface area (Å²) in [6.45, 7) is 6.24. The number of anilines is 1. The Hall–Kier alpha value is -2.00. The number of rotatable bonds is 6. The van der Waals surface area contributed by atoms with E-state index in [-0.39, 0.29) is 0 Å². The molecule has 0 atom stereocenters. The zero-order valence-corrected chi connectivity index (χ0v) is 17.5. The van der Waals surface area contributed by atoms with E-state index < -0.39 is 10.0 Å². The second kappa shape index (κ2) is 8.16. The van der Waals surface area contributed by atoms with Crippen LogP contribution in [0, 0.1) is 0 Å². The van der Waals surface area contributed by atoms with Gasteiger partial charge in [-0.25, -0.2) is 13.4 Å². The smallest absolute Gasteiger partial charge is 0.252 e. The number of nitrogens with one attached hydrogen (secondary N) is 1. The van der Waals surface area contributed by atoms with Crippen molar-refractivity contribution < 1.29 is 8.42 Å². The van der Waals surface area contributed by atoms with Gasteiger partial charge in [0.05, 0.1) is 0 Å². The van der Waals surface area contributed by atoms with Crippen molar-refractivity contribution in [1.29, 1.82) is 0 Å². The number of pyridine rings is 1. The van der Waals surface area contributed by atoms with Crippen LogP contribution in [0.1, 0.15) is 12.5 Å². The molecule has 0 unspecified atom stereocenters. The van der Waals surface area contributed by atoms with Gasteiger partial charge in [0.1, 0.15) is 10.0 Å². The maximum atomic E-state index is 13.3. The van der Waals surface area contributed by atoms with Gasteiger partial charge >= 0.3 is 0 Å². The summed E-state index contributed by atoms with van der Waals surface area (Å²) in [5.74, 6) is 0.878. The highest BCUT2D eigenvalue weighted by molar-refractivity contribution is 7.91. The first-order chi connectivity index (χ1) is 13.6. The van der Waals surface area contributed by atoms with E-state index in [0.29, 0.717) is 17.3 Å². The van der Waals surface area contributed by atoms with Gasteiger partial charge in [-0.15, -0.1) is 11.3 Å². The van der Waals surface area contributed by atoms with Crippen LogP contribution in [0.2, 0.25) is 0 Å². The third-order valence-corrected chi connectivity index (χ3v) is 8.44. The molecule has 1 N–H and O–H groups in total. The van der Waals surface area contributed by atoms with Crippen molar-refractivity contribution in [2.75, 3.05) is 37.6 Å². The van der Waals surface area contributed by atoms with E-state index in [2.05, 4.69) is 15.2 Å². The first-order valence-corrected chi connectivity index (χ1v) is 11.7. The molecule has 4 rings (SSSR count). The average Bonchev–Trinajstić information content (AvgIpc) is 3.18. The summed E-state index contributed by atoms with van der Waals surface area (Å²) in [7, 11) is -3.57. The summed E-state index contributed by atoms with van der Waals surface area (Å²) in [4.78, 5) is 6.78. The van der Waals surface area contributed by atoms with E-state index in [9.17, 15) is 8.42 Å². The Bertz CT molecular complexity index is 1040. The van der Waals surface area contributed by atoms with Crippen LogP contribution in [-0.4, -0.2) is 50.4 Å². The van der Waals surface area contributed by atoms with Crippen LogP contribution in [0.15, 0.2) is 52.9 Å². The zero-order valence-electron chi connectivity index (χ0n) is 15.8. The van der Waals surface area contributed by atoms with Crippen LogP contribution in [-0.2, 0) is 16.6 Å². The van der Waals surface area contributed by atoms with Gasteiger partial charge in [-0.1, -0.05) is 37.3 Å². The maximum Gasteiger partial charge on any atom is 0.252 e. The predicted molar refractivity (Wildman–Crippen MR) is 114 cm³/mol. The molecule has 0 spiro atoms. The van der Waals surface area contributed by atoms with Crippen LogP contribution in [0.25, 0.3) is 10.1 Å². The highest BCUT2D eigenvalue weighted by Crippen LogP contribution is 2.35. The molecule has 28 heavy (non-hydrogen) atoms. The normalized spacial score (nSPS) is 15.4. The van der Waals surface area contributed by atoms with Crippen molar-refractivity contribution in [3.63, 3.8) is 0 Å². The van der Waals surface area contributed by atoms with Crippen molar-refractivity contribution in [2.24, 2.45) is 0 Å². The Kier molecular flexibility index (Phi) is 5.63. The third-order valence-electron chi connectivity index (χ3n) is 4.97. The second-order valence-electron chi connectivity index (χ2n) is 6.77. The van der Waals surface area contributed by atoms with Crippen molar-refractivity contribution in [3.05, 3.63) is 54.2 Å². The number of aromatic nitrogens is 1. The SMILES string of the molecule is CCN(Cc1ccccc1)S(=O)(=O)c1cc2c(N3CCNCC3)nccc2s1. The molecular weight excluding hydrogens is 392 g/mol. The van der Waals surface area contributed by atoms with Crippen molar-refractivity contribution >= 4 is 37.3 Å². The molecule has 148 valence electrons. The number of nitrogens with zero attached hydrogens (tertiary/aromatic N) is 3. The van der Waals surface area contributed by atoms with E-state index >= 15 is 0 Å². The van der Waals surface area contributed by atoms with Gasteiger partial charge in [0.25, 0.3) is 10.0 Å². The lowest BCUT2D eigenvalue weighted by Gasteiger charge is -2.28. The van der Waals surface area contributed by atoms with E-state index in [1.807, 2.05) is 43.3 Å². The lowest BCUT2D eigenvalue weighted by molar-refractivity contribution is 0.425. The number of benzene rings is 1. The van der Waals surface area contributed by atoms with Crippen LogP contribution < -0.4 is 10.2 Å². The molecule has 0 radical (unpaired) electrons. The van der Waals surface area contributed by atoms with E-state index in [1.54, 1.807) is 12.3 Å². The Morgan fingerprint density at radius 3 is 2.64 bits per heavy atom. The van der Waals surface area contributed by atoms with Gasteiger partial charge in [-0.3, -0.25) is 0 Å². The van der Waals surface area contributed by atoms with Gasteiger partial charge in [0.2, 0.25) is 0 Å². The average molecular weight is 417 g/mol. The maximum absolute atomic E-state index is 13.3. The van der Waals surface area contributed by atoms with E-state index in [1.165, 1.54) is 15.6 Å². The number of fused-ring (bicyclic) bond motifs is 1. The highest BCUT2D eigenvalue weighted by Gasteiger charge is 2.27. The number of hydrogen-bond donors (Lipinski definition) is 1. The molecule has 0 aliphatic carbocycles. The topological polar surface area (TPSA) is 65.5 Å². The molecule has 3 aromatic rings. The summed E-state index contributed by atoms with van der Waals surface area (Å²) in [6, 6.07) is 13.4. The molecule has 1 saturated heterocycles. The Balaban J connectivity index is 1.69. The van der Waals surface area contributed by atoms with E-state index in [0.717, 1.165) is 47.6 Å². The summed E-state index contributed by atoms with van der Waals surface area (Å²) in [5, 5.41) is 4.26. The predicted octanol–water partition coefficient (Wildman–Crippen LogP) is 2.92. The molecular formula is C20H24N4O2S2. The van der Waals surface area contributed by atoms with Gasteiger partial charge in [0, 0.05) is 55.6 Å². The van der Waals surface area contributed by atoms with Crippen LogP contribution in [0.3, 0.4) is 0 Å². The minimum absolute atomic E-state index is 0.372. The molecule has 0 amide bonds. The molecule has 1 fully saturated rings. The Morgan fingerprint density at radius 2 is 1.93 bits per heavy atom. The fourth-order valence-electron chi connectivity index (χ4n) is 3.46. The highest BCUT2D eigenvalue weighted by atomic mass is 32.2. The number of piperazine rings is 1. The van der Waals surface area contributed by atoms with Crippen LogP contribution in [0.4, 0.5) is 5.82 Å². The summed E-state index contributed by atoms with van der Waals surface area (Å²) >= 11 is 1.32. The zero-order chi connectivity index (χ0) is 19.6. The van der Waals surface area contributed by atoms with Gasteiger partial charge < -0.3 is 10.2 Å². The lowest BCUT2D eigenvalue weighted by atomic mass is 10.2. The first-order valence-electron chi connectivity index (χ1n) is 9.48. The van der Waals surface area contributed by atoms with Crippen molar-refractivity contribution in [1.82, 2.24) is 14.6 Å². The monoisotopic (exact) mass is 416 g/mol. The quantitative estimate of drug-likeness (QED) is 0.669. The van der Waals surface area contributed by atoms with Crippen molar-refractivity contribution in [3.8, 4) is 0 Å². The number of hydrogen-bond acceptors (Lipinski definition) is 6. The molecule has 1 aliphatic rings. The Labute approximate surface area is 169 Å². The molecule has 1 aromatic carbocycles. The van der Waals surface area contributed by atoms with E-state index in [4.69, 9.17) is 0 Å². The second-order valence-corrected chi connectivity index (χ2v) is 10.0. The van der Waals surface area contributed by atoms with Crippen LogP contribution in [0.5, 0.6) is 0 Å². The largest absolute Gasteiger partial charge is 0.354 e. The minimum atomic E-state index is -3.57. The fraction of sp³-hybridized carbons (Fsp3) is 0.350. The van der Waals surface area contributed by atoms with Gasteiger partial charge in [-0.2, -0.15) is 4.31 Å². The van der Waals surface area contributed by atoms with Gasteiger partial charge in [0.15, 0.2) is 0 Å². The molecule has 0 bridgehead atoms. The summed E-state index contributed by atoms with van der Waals surface area (Å²) in [6.07, 6.45) is 1.77. The minimum Gasteiger partial charge on any atom is -0.354 e. The van der Waals surface area contributed by atoms with Gasteiger partial charge in [-0.05, 0) is 17.7 Å². The molecule has 1 aliphatic heterocycles. The molecule has 8 heteroatoms.